The molecule has 1 amide bonds. The summed E-state index contributed by atoms with van der Waals surface area (Å²) in [5.74, 6) is -0.380. The fourth-order valence-electron chi connectivity index (χ4n) is 4.28. The number of nitrogens with zero attached hydrogens (tertiary/aromatic N) is 3. The molecule has 0 bridgehead atoms. The third-order valence-corrected chi connectivity index (χ3v) is 8.05. The molecule has 4 aromatic rings. The SMILES string of the molecule is O=C(Nc1cc(C(F)(F)F)ccc1N1CCN(S(=O)(=O)Cc2ccco2)CC1)c1ccc(-c2ccncc2)o1. The van der Waals surface area contributed by atoms with Crippen LogP contribution in [0.2, 0.25) is 0 Å². The number of carbonyl (C=O) groups excluding carboxylic acids is 1. The molecule has 1 aliphatic rings. The smallest absolute Gasteiger partial charge is 0.416 e. The molecule has 9 nitrogen and oxygen atoms in total. The van der Waals surface area contributed by atoms with E-state index in [2.05, 4.69) is 10.3 Å². The number of aromatic nitrogens is 1. The molecule has 0 saturated carbocycles. The Balaban J connectivity index is 1.35. The van der Waals surface area contributed by atoms with Crippen molar-refractivity contribution in [3.05, 3.63) is 90.3 Å². The number of benzene rings is 1. The number of halogens is 3. The number of furan rings is 2. The lowest BCUT2D eigenvalue weighted by molar-refractivity contribution is -0.137. The Morgan fingerprint density at radius 1 is 1.00 bits per heavy atom. The van der Waals surface area contributed by atoms with E-state index in [0.29, 0.717) is 22.8 Å². The van der Waals surface area contributed by atoms with E-state index in [1.165, 1.54) is 22.7 Å². The summed E-state index contributed by atoms with van der Waals surface area (Å²) in [6.07, 6.45) is -0.106. The number of amides is 1. The van der Waals surface area contributed by atoms with Gasteiger partial charge in [0.25, 0.3) is 5.91 Å². The third-order valence-electron chi connectivity index (χ3n) is 6.24. The van der Waals surface area contributed by atoms with Gasteiger partial charge in [-0.15, -0.1) is 0 Å². The molecule has 0 atom stereocenters. The predicted molar refractivity (Wildman–Crippen MR) is 136 cm³/mol. The first-order valence-corrected chi connectivity index (χ1v) is 13.5. The number of hydrogen-bond acceptors (Lipinski definition) is 7. The van der Waals surface area contributed by atoms with Crippen molar-refractivity contribution in [2.45, 2.75) is 11.9 Å². The van der Waals surface area contributed by atoms with Crippen LogP contribution in [0.5, 0.6) is 0 Å². The Bertz CT molecular complexity index is 1550. The first-order chi connectivity index (χ1) is 18.6. The monoisotopic (exact) mass is 560 g/mol. The van der Waals surface area contributed by atoms with E-state index in [4.69, 9.17) is 8.83 Å². The lowest BCUT2D eigenvalue weighted by atomic mass is 10.1. The third kappa shape index (κ3) is 5.99. The van der Waals surface area contributed by atoms with Crippen LogP contribution in [-0.2, 0) is 22.0 Å². The molecular weight excluding hydrogens is 537 g/mol. The summed E-state index contributed by atoms with van der Waals surface area (Å²) in [6, 6.07) is 12.6. The molecule has 1 aromatic carbocycles. The van der Waals surface area contributed by atoms with Crippen LogP contribution in [0.15, 0.2) is 82.1 Å². The van der Waals surface area contributed by atoms with Gasteiger partial charge >= 0.3 is 6.18 Å². The Morgan fingerprint density at radius 2 is 1.74 bits per heavy atom. The minimum atomic E-state index is -4.63. The number of anilines is 2. The molecule has 3 aromatic heterocycles. The largest absolute Gasteiger partial charge is 0.468 e. The highest BCUT2D eigenvalue weighted by Gasteiger charge is 2.33. The molecule has 1 aliphatic heterocycles. The zero-order valence-electron chi connectivity index (χ0n) is 20.4. The Labute approximate surface area is 221 Å². The fourth-order valence-corrected chi connectivity index (χ4v) is 5.70. The average Bonchev–Trinajstić information content (AvgIpc) is 3.61. The van der Waals surface area contributed by atoms with Gasteiger partial charge in [-0.3, -0.25) is 9.78 Å². The van der Waals surface area contributed by atoms with E-state index in [0.717, 1.165) is 12.1 Å². The van der Waals surface area contributed by atoms with E-state index in [9.17, 15) is 26.4 Å². The normalized spacial score (nSPS) is 14.9. The maximum absolute atomic E-state index is 13.5. The molecular formula is C26H23F3N4O5S. The van der Waals surface area contributed by atoms with Gasteiger partial charge in [-0.2, -0.15) is 17.5 Å². The molecule has 0 radical (unpaired) electrons. The molecule has 4 heterocycles. The van der Waals surface area contributed by atoms with Crippen LogP contribution in [0.1, 0.15) is 21.9 Å². The summed E-state index contributed by atoms with van der Waals surface area (Å²) >= 11 is 0. The number of sulfonamides is 1. The summed E-state index contributed by atoms with van der Waals surface area (Å²) in [4.78, 5) is 18.6. The van der Waals surface area contributed by atoms with Crippen molar-refractivity contribution in [1.29, 1.82) is 0 Å². The van der Waals surface area contributed by atoms with Crippen molar-refractivity contribution in [2.75, 3.05) is 36.4 Å². The highest BCUT2D eigenvalue weighted by atomic mass is 32.2. The van der Waals surface area contributed by atoms with Crippen LogP contribution in [-0.4, -0.2) is 49.8 Å². The standard InChI is InChI=1S/C26H23F3N4O5S/c27-26(28,29)19-3-4-22(32-11-13-33(14-12-32)39(35,36)17-20-2-1-15-37-20)21(16-19)31-25(34)24-6-5-23(38-24)18-7-9-30-10-8-18/h1-10,15-16H,11-14,17H2,(H,31,34). The van der Waals surface area contributed by atoms with Crippen molar-refractivity contribution in [3.8, 4) is 11.3 Å². The van der Waals surface area contributed by atoms with Crippen molar-refractivity contribution in [3.63, 3.8) is 0 Å². The average molecular weight is 561 g/mol. The van der Waals surface area contributed by atoms with Crippen molar-refractivity contribution >= 4 is 27.3 Å². The molecule has 1 saturated heterocycles. The van der Waals surface area contributed by atoms with Crippen LogP contribution in [0.25, 0.3) is 11.3 Å². The van der Waals surface area contributed by atoms with Gasteiger partial charge in [0.2, 0.25) is 10.0 Å². The van der Waals surface area contributed by atoms with E-state index < -0.39 is 27.7 Å². The number of alkyl halides is 3. The zero-order valence-corrected chi connectivity index (χ0v) is 21.2. The predicted octanol–water partition coefficient (Wildman–Crippen LogP) is 4.86. The van der Waals surface area contributed by atoms with Gasteiger partial charge in [-0.05, 0) is 54.6 Å². The highest BCUT2D eigenvalue weighted by Crippen LogP contribution is 2.36. The maximum atomic E-state index is 13.5. The number of rotatable bonds is 7. The van der Waals surface area contributed by atoms with Crippen molar-refractivity contribution in [1.82, 2.24) is 9.29 Å². The molecule has 1 fully saturated rings. The summed E-state index contributed by atoms with van der Waals surface area (Å²) in [6.45, 7) is 0.646. The summed E-state index contributed by atoms with van der Waals surface area (Å²) < 4.78 is 78.1. The van der Waals surface area contributed by atoms with Crippen LogP contribution < -0.4 is 10.2 Å². The molecule has 0 aliphatic carbocycles. The van der Waals surface area contributed by atoms with Gasteiger partial charge in [0.1, 0.15) is 17.3 Å². The van der Waals surface area contributed by atoms with Crippen LogP contribution in [0, 0.1) is 0 Å². The molecule has 5 rings (SSSR count). The number of hydrogen-bond donors (Lipinski definition) is 1. The second-order valence-corrected chi connectivity index (χ2v) is 10.8. The van der Waals surface area contributed by atoms with Gasteiger partial charge < -0.3 is 19.1 Å². The van der Waals surface area contributed by atoms with Crippen LogP contribution in [0.4, 0.5) is 24.5 Å². The second kappa shape index (κ2) is 10.6. The van der Waals surface area contributed by atoms with E-state index in [1.807, 2.05) is 0 Å². The lowest BCUT2D eigenvalue weighted by Gasteiger charge is -2.36. The van der Waals surface area contributed by atoms with Gasteiger partial charge in [-0.1, -0.05) is 0 Å². The van der Waals surface area contributed by atoms with Crippen LogP contribution >= 0.6 is 0 Å². The van der Waals surface area contributed by atoms with Crippen LogP contribution in [0.3, 0.4) is 0 Å². The molecule has 13 heteroatoms. The first kappa shape index (κ1) is 26.5. The summed E-state index contributed by atoms with van der Waals surface area (Å²) in [5.41, 5.74) is 0.0192. The van der Waals surface area contributed by atoms with Crippen molar-refractivity contribution < 1.29 is 35.2 Å². The first-order valence-electron chi connectivity index (χ1n) is 11.9. The molecule has 1 N–H and O–H groups in total. The minimum Gasteiger partial charge on any atom is -0.468 e. The van der Waals surface area contributed by atoms with Crippen molar-refractivity contribution in [2.24, 2.45) is 0 Å². The highest BCUT2D eigenvalue weighted by molar-refractivity contribution is 7.88. The molecule has 0 unspecified atom stereocenters. The maximum Gasteiger partial charge on any atom is 0.416 e. The number of nitrogens with one attached hydrogen (secondary N) is 1. The Hall–Kier alpha value is -4.10. The fraction of sp³-hybridized carbons (Fsp3) is 0.231. The Kier molecular flexibility index (Phi) is 7.19. The van der Waals surface area contributed by atoms with E-state index in [1.54, 1.807) is 47.6 Å². The van der Waals surface area contributed by atoms with E-state index in [-0.39, 0.29) is 43.4 Å². The number of carbonyl (C=O) groups is 1. The topological polar surface area (TPSA) is 109 Å². The lowest BCUT2D eigenvalue weighted by Crippen LogP contribution is -2.49. The summed E-state index contributed by atoms with van der Waals surface area (Å²) in [7, 11) is -3.65. The van der Waals surface area contributed by atoms with Gasteiger partial charge in [0.15, 0.2) is 5.76 Å². The molecule has 204 valence electrons. The number of piperazine rings is 1. The quantitative estimate of drug-likeness (QED) is 0.344. The van der Waals surface area contributed by atoms with Gasteiger partial charge in [-0.25, -0.2) is 8.42 Å². The van der Waals surface area contributed by atoms with E-state index >= 15 is 0 Å². The molecule has 39 heavy (non-hydrogen) atoms. The zero-order chi connectivity index (χ0) is 27.6. The van der Waals surface area contributed by atoms with Gasteiger partial charge in [0.05, 0.1) is 23.2 Å². The van der Waals surface area contributed by atoms with Gasteiger partial charge in [0, 0.05) is 44.1 Å². The minimum absolute atomic E-state index is 0.0661. The Morgan fingerprint density at radius 3 is 2.41 bits per heavy atom. The second-order valence-electron chi connectivity index (χ2n) is 8.81. The number of pyridine rings is 1. The summed E-state index contributed by atoms with van der Waals surface area (Å²) in [5, 5.41) is 2.54. The molecule has 0 spiro atoms.